The number of phenolic OH excluding ortho intramolecular Hbond substituents is 1. The minimum absolute atomic E-state index is 0.0418. The van der Waals surface area contributed by atoms with Gasteiger partial charge in [-0.25, -0.2) is 4.79 Å². The molecule has 3 rings (SSSR count). The van der Waals surface area contributed by atoms with Crippen molar-refractivity contribution in [2.45, 2.75) is 13.0 Å². The molecule has 0 aliphatic carbocycles. The smallest absolute Gasteiger partial charge is 0.338 e. The number of aromatic hydroxyl groups is 1. The predicted octanol–water partition coefficient (Wildman–Crippen LogP) is 2.30. The van der Waals surface area contributed by atoms with Crippen LogP contribution in [0, 0.1) is 0 Å². The zero-order chi connectivity index (χ0) is 17.1. The van der Waals surface area contributed by atoms with Crippen LogP contribution in [-0.2, 0) is 9.53 Å². The Morgan fingerprint density at radius 3 is 2.58 bits per heavy atom. The molecule has 0 saturated carbocycles. The minimum Gasteiger partial charge on any atom is -0.508 e. The number of esters is 1. The van der Waals surface area contributed by atoms with Gasteiger partial charge < -0.3 is 24.6 Å². The van der Waals surface area contributed by atoms with E-state index in [1.165, 1.54) is 31.2 Å². The average Bonchev–Trinajstić information content (AvgIpc) is 3.03. The van der Waals surface area contributed by atoms with Crippen LogP contribution >= 0.6 is 0 Å². The SMILES string of the molecule is CC(OC(=O)c1ccc(O)cc1)C(=O)Nc1ccc2c(c1)OCO2. The molecule has 1 aliphatic rings. The van der Waals surface area contributed by atoms with Crippen LogP contribution in [0.1, 0.15) is 17.3 Å². The summed E-state index contributed by atoms with van der Waals surface area (Å²) in [6.45, 7) is 1.62. The molecule has 2 aromatic rings. The van der Waals surface area contributed by atoms with E-state index >= 15 is 0 Å². The van der Waals surface area contributed by atoms with E-state index in [9.17, 15) is 14.7 Å². The number of benzene rings is 2. The summed E-state index contributed by atoms with van der Waals surface area (Å²) in [7, 11) is 0. The largest absolute Gasteiger partial charge is 0.508 e. The van der Waals surface area contributed by atoms with E-state index in [0.717, 1.165) is 0 Å². The molecule has 2 aromatic carbocycles. The summed E-state index contributed by atoms with van der Waals surface area (Å²) >= 11 is 0. The van der Waals surface area contributed by atoms with Gasteiger partial charge >= 0.3 is 5.97 Å². The van der Waals surface area contributed by atoms with Crippen molar-refractivity contribution in [2.24, 2.45) is 0 Å². The number of hydrogen-bond acceptors (Lipinski definition) is 6. The highest BCUT2D eigenvalue weighted by Gasteiger charge is 2.20. The van der Waals surface area contributed by atoms with E-state index in [-0.39, 0.29) is 18.1 Å². The molecule has 124 valence electrons. The van der Waals surface area contributed by atoms with Crippen LogP contribution in [-0.4, -0.2) is 29.9 Å². The van der Waals surface area contributed by atoms with E-state index in [4.69, 9.17) is 14.2 Å². The Kier molecular flexibility index (Phi) is 4.24. The Hall–Kier alpha value is -3.22. The highest BCUT2D eigenvalue weighted by atomic mass is 16.7. The van der Waals surface area contributed by atoms with Crippen LogP contribution in [0.4, 0.5) is 5.69 Å². The minimum atomic E-state index is -0.989. The fourth-order valence-electron chi connectivity index (χ4n) is 2.10. The van der Waals surface area contributed by atoms with Gasteiger partial charge in [-0.1, -0.05) is 0 Å². The summed E-state index contributed by atoms with van der Waals surface area (Å²) in [4.78, 5) is 24.1. The maximum Gasteiger partial charge on any atom is 0.338 e. The standard InChI is InChI=1S/C17H15NO6/c1-10(24-17(21)11-2-5-13(19)6-3-11)16(20)18-12-4-7-14-15(8-12)23-9-22-14/h2-8,10,19H,9H2,1H3,(H,18,20). The second-order valence-electron chi connectivity index (χ2n) is 5.15. The number of carbonyl (C=O) groups excluding carboxylic acids is 2. The van der Waals surface area contributed by atoms with Crippen molar-refractivity contribution >= 4 is 17.6 Å². The fourth-order valence-corrected chi connectivity index (χ4v) is 2.10. The monoisotopic (exact) mass is 329 g/mol. The third kappa shape index (κ3) is 3.40. The first-order valence-corrected chi connectivity index (χ1v) is 7.23. The van der Waals surface area contributed by atoms with Gasteiger partial charge in [-0.15, -0.1) is 0 Å². The Balaban J connectivity index is 1.60. The highest BCUT2D eigenvalue weighted by molar-refractivity contribution is 5.97. The van der Waals surface area contributed by atoms with Crippen molar-refractivity contribution in [3.05, 3.63) is 48.0 Å². The molecule has 24 heavy (non-hydrogen) atoms. The number of phenols is 1. The Morgan fingerprint density at radius 2 is 1.83 bits per heavy atom. The van der Waals surface area contributed by atoms with Crippen molar-refractivity contribution in [3.63, 3.8) is 0 Å². The van der Waals surface area contributed by atoms with Gasteiger partial charge in [0.25, 0.3) is 5.91 Å². The van der Waals surface area contributed by atoms with Crippen molar-refractivity contribution in [1.82, 2.24) is 0 Å². The third-order valence-corrected chi connectivity index (χ3v) is 3.40. The van der Waals surface area contributed by atoms with Crippen LogP contribution in [0.15, 0.2) is 42.5 Å². The van der Waals surface area contributed by atoms with Crippen molar-refractivity contribution in [1.29, 1.82) is 0 Å². The van der Waals surface area contributed by atoms with Gasteiger partial charge in [0.2, 0.25) is 6.79 Å². The number of carbonyl (C=O) groups is 2. The maximum absolute atomic E-state index is 12.1. The molecule has 1 atom stereocenters. The van der Waals surface area contributed by atoms with Gasteiger partial charge in [-0.3, -0.25) is 4.79 Å². The molecule has 1 heterocycles. The molecule has 0 radical (unpaired) electrons. The summed E-state index contributed by atoms with van der Waals surface area (Å²) < 4.78 is 15.5. The van der Waals surface area contributed by atoms with E-state index in [0.29, 0.717) is 17.2 Å². The Bertz CT molecular complexity index is 771. The van der Waals surface area contributed by atoms with Crippen LogP contribution in [0.3, 0.4) is 0 Å². The quantitative estimate of drug-likeness (QED) is 0.836. The summed E-state index contributed by atoms with van der Waals surface area (Å²) in [5, 5.41) is 11.8. The topological polar surface area (TPSA) is 94.1 Å². The van der Waals surface area contributed by atoms with E-state index < -0.39 is 18.0 Å². The number of amides is 1. The number of nitrogens with one attached hydrogen (secondary N) is 1. The lowest BCUT2D eigenvalue weighted by molar-refractivity contribution is -0.123. The molecule has 0 spiro atoms. The van der Waals surface area contributed by atoms with Gasteiger partial charge in [-0.05, 0) is 43.3 Å². The van der Waals surface area contributed by atoms with Gasteiger partial charge in [0.1, 0.15) is 5.75 Å². The zero-order valence-corrected chi connectivity index (χ0v) is 12.8. The molecule has 0 aromatic heterocycles. The molecule has 1 unspecified atom stereocenters. The van der Waals surface area contributed by atoms with E-state index in [2.05, 4.69) is 5.32 Å². The molecular weight excluding hydrogens is 314 g/mol. The molecule has 0 bridgehead atoms. The molecular formula is C17H15NO6. The molecule has 7 nitrogen and oxygen atoms in total. The summed E-state index contributed by atoms with van der Waals surface area (Å²) in [5.74, 6) is 0.0748. The molecule has 0 fully saturated rings. The molecule has 2 N–H and O–H groups in total. The number of rotatable bonds is 4. The fraction of sp³-hybridized carbons (Fsp3) is 0.176. The first kappa shape index (κ1) is 15.7. The maximum atomic E-state index is 12.1. The average molecular weight is 329 g/mol. The van der Waals surface area contributed by atoms with Crippen molar-refractivity contribution in [2.75, 3.05) is 12.1 Å². The van der Waals surface area contributed by atoms with Gasteiger partial charge in [0.05, 0.1) is 5.56 Å². The first-order valence-electron chi connectivity index (χ1n) is 7.23. The normalized spacial score (nSPS) is 13.2. The Morgan fingerprint density at radius 1 is 1.12 bits per heavy atom. The number of hydrogen-bond donors (Lipinski definition) is 2. The summed E-state index contributed by atoms with van der Waals surface area (Å²) in [6, 6.07) is 10.6. The zero-order valence-electron chi connectivity index (χ0n) is 12.8. The van der Waals surface area contributed by atoms with Crippen molar-refractivity contribution in [3.8, 4) is 17.2 Å². The lowest BCUT2D eigenvalue weighted by atomic mass is 10.2. The van der Waals surface area contributed by atoms with Gasteiger partial charge in [0.15, 0.2) is 17.6 Å². The second-order valence-corrected chi connectivity index (χ2v) is 5.15. The molecule has 1 aliphatic heterocycles. The summed E-state index contributed by atoms with van der Waals surface area (Å²) in [5.41, 5.74) is 0.757. The second kappa shape index (κ2) is 6.49. The third-order valence-electron chi connectivity index (χ3n) is 3.40. The number of ether oxygens (including phenoxy) is 3. The lowest BCUT2D eigenvalue weighted by Gasteiger charge is -2.14. The highest BCUT2D eigenvalue weighted by Crippen LogP contribution is 2.34. The Labute approximate surface area is 137 Å². The first-order chi connectivity index (χ1) is 11.5. The van der Waals surface area contributed by atoms with E-state index in [1.807, 2.05) is 0 Å². The molecule has 7 heteroatoms. The number of fused-ring (bicyclic) bond motifs is 1. The van der Waals surface area contributed by atoms with Crippen LogP contribution in [0.25, 0.3) is 0 Å². The van der Waals surface area contributed by atoms with Crippen LogP contribution < -0.4 is 14.8 Å². The van der Waals surface area contributed by atoms with Gasteiger partial charge in [0, 0.05) is 11.8 Å². The predicted molar refractivity (Wildman–Crippen MR) is 84.2 cm³/mol. The van der Waals surface area contributed by atoms with Crippen molar-refractivity contribution < 1.29 is 28.9 Å². The van der Waals surface area contributed by atoms with Crippen LogP contribution in [0.5, 0.6) is 17.2 Å². The number of anilines is 1. The van der Waals surface area contributed by atoms with E-state index in [1.54, 1.807) is 18.2 Å². The summed E-state index contributed by atoms with van der Waals surface area (Å²) in [6.07, 6.45) is -0.989. The lowest BCUT2D eigenvalue weighted by Crippen LogP contribution is -2.29. The molecule has 1 amide bonds. The molecule has 0 saturated heterocycles. The van der Waals surface area contributed by atoms with Gasteiger partial charge in [-0.2, -0.15) is 0 Å². The van der Waals surface area contributed by atoms with Crippen LogP contribution in [0.2, 0.25) is 0 Å².